The van der Waals surface area contributed by atoms with E-state index >= 15 is 0 Å². The Morgan fingerprint density at radius 3 is 2.50 bits per heavy atom. The van der Waals surface area contributed by atoms with E-state index in [4.69, 9.17) is 0 Å². The number of para-hydroxylation sites is 1. The maximum absolute atomic E-state index is 12.8. The molecule has 1 aromatic rings. The summed E-state index contributed by atoms with van der Waals surface area (Å²) in [6.45, 7) is 8.57. The van der Waals surface area contributed by atoms with Crippen molar-refractivity contribution in [2.75, 3.05) is 57.3 Å². The second-order valence-corrected chi connectivity index (χ2v) is 7.72. The van der Waals surface area contributed by atoms with Crippen LogP contribution in [0.15, 0.2) is 36.9 Å². The zero-order chi connectivity index (χ0) is 19.7. The molecule has 3 heterocycles. The molecule has 7 heteroatoms. The van der Waals surface area contributed by atoms with E-state index in [-0.39, 0.29) is 24.1 Å². The number of Topliss-reactive ketones (excluding diaryl/α,β-unsaturated/α-hetero) is 1. The molecule has 2 amide bonds. The number of carbonyl (C=O) groups excluding carboxylic acids is 3. The van der Waals surface area contributed by atoms with E-state index in [0.717, 1.165) is 37.4 Å². The summed E-state index contributed by atoms with van der Waals surface area (Å²) in [5, 5.41) is 0. The van der Waals surface area contributed by atoms with Gasteiger partial charge in [0.05, 0.1) is 13.1 Å². The van der Waals surface area contributed by atoms with E-state index in [1.54, 1.807) is 4.90 Å². The summed E-state index contributed by atoms with van der Waals surface area (Å²) >= 11 is 0. The molecular weight excluding hydrogens is 356 g/mol. The minimum Gasteiger partial charge on any atom is -0.355 e. The van der Waals surface area contributed by atoms with Crippen molar-refractivity contribution in [3.05, 3.63) is 42.5 Å². The highest BCUT2D eigenvalue weighted by Crippen LogP contribution is 2.25. The molecule has 0 bridgehead atoms. The van der Waals surface area contributed by atoms with Crippen molar-refractivity contribution in [2.24, 2.45) is 0 Å². The first kappa shape index (κ1) is 18.7. The van der Waals surface area contributed by atoms with Crippen molar-refractivity contribution >= 4 is 23.3 Å². The molecule has 0 N–H and O–H groups in total. The molecule has 3 aliphatic rings. The maximum atomic E-state index is 12.8. The standard InChI is InChI=1S/C21H26N4O3/c1-2-20(27)25-12-17(13-25)22-7-9-23(10-8-22)21(28)15-24-14-18(26)11-16-5-3-4-6-19(16)24/h2-6,17H,1,7-15H2. The molecule has 0 atom stereocenters. The Labute approximate surface area is 165 Å². The summed E-state index contributed by atoms with van der Waals surface area (Å²) in [4.78, 5) is 44.4. The Morgan fingerprint density at radius 2 is 1.79 bits per heavy atom. The number of hydrogen-bond donors (Lipinski definition) is 0. The molecule has 0 radical (unpaired) electrons. The lowest BCUT2D eigenvalue weighted by atomic mass is 10.0. The van der Waals surface area contributed by atoms with Gasteiger partial charge in [-0.1, -0.05) is 24.8 Å². The highest BCUT2D eigenvalue weighted by molar-refractivity contribution is 5.93. The van der Waals surface area contributed by atoms with Crippen molar-refractivity contribution < 1.29 is 14.4 Å². The summed E-state index contributed by atoms with van der Waals surface area (Å²) in [7, 11) is 0. The fourth-order valence-electron chi connectivity index (χ4n) is 4.27. The summed E-state index contributed by atoms with van der Waals surface area (Å²) in [5.74, 6) is 0.211. The Balaban J connectivity index is 1.29. The van der Waals surface area contributed by atoms with E-state index in [1.165, 1.54) is 6.08 Å². The molecule has 148 valence electrons. The molecule has 28 heavy (non-hydrogen) atoms. The van der Waals surface area contributed by atoms with Crippen LogP contribution in [0.4, 0.5) is 5.69 Å². The third-order valence-corrected chi connectivity index (χ3v) is 5.95. The molecule has 2 saturated heterocycles. The fraction of sp³-hybridized carbons (Fsp3) is 0.476. The molecule has 2 fully saturated rings. The number of likely N-dealkylation sites (tertiary alicyclic amines) is 1. The molecule has 1 aromatic carbocycles. The second kappa shape index (κ2) is 7.75. The Morgan fingerprint density at radius 1 is 1.07 bits per heavy atom. The third-order valence-electron chi connectivity index (χ3n) is 5.95. The van der Waals surface area contributed by atoms with Gasteiger partial charge >= 0.3 is 0 Å². The Bertz CT molecular complexity index is 795. The van der Waals surface area contributed by atoms with Crippen LogP contribution in [0.5, 0.6) is 0 Å². The first-order valence-electron chi connectivity index (χ1n) is 9.83. The van der Waals surface area contributed by atoms with E-state index in [9.17, 15) is 14.4 Å². The zero-order valence-electron chi connectivity index (χ0n) is 16.0. The first-order chi connectivity index (χ1) is 13.5. The smallest absolute Gasteiger partial charge is 0.246 e. The number of benzene rings is 1. The molecule has 4 rings (SSSR count). The van der Waals surface area contributed by atoms with Gasteiger partial charge in [0.2, 0.25) is 11.8 Å². The lowest BCUT2D eigenvalue weighted by Gasteiger charge is -2.48. The lowest BCUT2D eigenvalue weighted by Crippen LogP contribution is -2.64. The molecule has 7 nitrogen and oxygen atoms in total. The molecule has 0 saturated carbocycles. The van der Waals surface area contributed by atoms with Crippen LogP contribution < -0.4 is 4.90 Å². The van der Waals surface area contributed by atoms with Gasteiger partial charge in [-0.2, -0.15) is 0 Å². The topological polar surface area (TPSA) is 64.2 Å². The van der Waals surface area contributed by atoms with Gasteiger partial charge in [0, 0.05) is 57.4 Å². The van der Waals surface area contributed by atoms with E-state index in [2.05, 4.69) is 11.5 Å². The van der Waals surface area contributed by atoms with Crippen LogP contribution in [0, 0.1) is 0 Å². The van der Waals surface area contributed by atoms with Crippen molar-refractivity contribution in [1.82, 2.24) is 14.7 Å². The van der Waals surface area contributed by atoms with Gasteiger partial charge in [-0.05, 0) is 17.7 Å². The molecule has 0 aliphatic carbocycles. The van der Waals surface area contributed by atoms with E-state index in [0.29, 0.717) is 32.1 Å². The average molecular weight is 382 g/mol. The number of fused-ring (bicyclic) bond motifs is 1. The fourth-order valence-corrected chi connectivity index (χ4v) is 4.27. The van der Waals surface area contributed by atoms with Crippen molar-refractivity contribution in [1.29, 1.82) is 0 Å². The van der Waals surface area contributed by atoms with Crippen LogP contribution in [0.25, 0.3) is 0 Å². The van der Waals surface area contributed by atoms with Crippen LogP contribution in [0.2, 0.25) is 0 Å². The van der Waals surface area contributed by atoms with Gasteiger partial charge in [-0.25, -0.2) is 0 Å². The largest absolute Gasteiger partial charge is 0.355 e. The van der Waals surface area contributed by atoms with Crippen LogP contribution in [0.1, 0.15) is 5.56 Å². The van der Waals surface area contributed by atoms with Crippen LogP contribution in [0.3, 0.4) is 0 Å². The monoisotopic (exact) mass is 382 g/mol. The van der Waals surface area contributed by atoms with Gasteiger partial charge in [-0.3, -0.25) is 19.3 Å². The number of anilines is 1. The third kappa shape index (κ3) is 3.67. The van der Waals surface area contributed by atoms with E-state index in [1.807, 2.05) is 34.1 Å². The average Bonchev–Trinajstić information content (AvgIpc) is 2.67. The highest BCUT2D eigenvalue weighted by atomic mass is 16.2. The van der Waals surface area contributed by atoms with Crippen molar-refractivity contribution in [3.63, 3.8) is 0 Å². The van der Waals surface area contributed by atoms with Crippen molar-refractivity contribution in [3.8, 4) is 0 Å². The van der Waals surface area contributed by atoms with Crippen LogP contribution >= 0.6 is 0 Å². The Hall–Kier alpha value is -2.67. The summed E-state index contributed by atoms with van der Waals surface area (Å²) < 4.78 is 0. The van der Waals surface area contributed by atoms with Gasteiger partial charge in [0.1, 0.15) is 0 Å². The predicted octanol–water partition coefficient (Wildman–Crippen LogP) is 0.159. The Kier molecular flexibility index (Phi) is 5.17. The summed E-state index contributed by atoms with van der Waals surface area (Å²) in [6, 6.07) is 8.21. The zero-order valence-corrected chi connectivity index (χ0v) is 16.0. The predicted molar refractivity (Wildman–Crippen MR) is 106 cm³/mol. The SMILES string of the molecule is C=CC(=O)N1CC(N2CCN(C(=O)CN3CC(=O)Cc4ccccc43)CC2)C1. The molecular formula is C21H26N4O3. The highest BCUT2D eigenvalue weighted by Gasteiger charge is 2.36. The van der Waals surface area contributed by atoms with Crippen LogP contribution in [-0.2, 0) is 20.8 Å². The number of ketones is 1. The molecule has 0 spiro atoms. The minimum atomic E-state index is -0.0126. The quantitative estimate of drug-likeness (QED) is 0.694. The summed E-state index contributed by atoms with van der Waals surface area (Å²) in [5.41, 5.74) is 2.00. The number of rotatable bonds is 4. The van der Waals surface area contributed by atoms with Gasteiger partial charge in [0.15, 0.2) is 5.78 Å². The normalized spacial score (nSPS) is 20.6. The number of amides is 2. The van der Waals surface area contributed by atoms with Gasteiger partial charge in [0.25, 0.3) is 0 Å². The molecule has 3 aliphatic heterocycles. The van der Waals surface area contributed by atoms with Gasteiger partial charge < -0.3 is 14.7 Å². The molecule has 0 aromatic heterocycles. The maximum Gasteiger partial charge on any atom is 0.246 e. The first-order valence-corrected chi connectivity index (χ1v) is 9.83. The number of nitrogens with zero attached hydrogens (tertiary/aromatic N) is 4. The number of piperazine rings is 1. The van der Waals surface area contributed by atoms with Crippen molar-refractivity contribution in [2.45, 2.75) is 12.5 Å². The van der Waals surface area contributed by atoms with Gasteiger partial charge in [-0.15, -0.1) is 0 Å². The van der Waals surface area contributed by atoms with E-state index < -0.39 is 0 Å². The lowest BCUT2D eigenvalue weighted by molar-refractivity contribution is -0.135. The minimum absolute atomic E-state index is 0.0126. The summed E-state index contributed by atoms with van der Waals surface area (Å²) in [6.07, 6.45) is 1.81. The number of carbonyl (C=O) groups is 3. The second-order valence-electron chi connectivity index (χ2n) is 7.72. The van der Waals surface area contributed by atoms with Crippen LogP contribution in [-0.4, -0.2) is 90.7 Å². The number of hydrogen-bond acceptors (Lipinski definition) is 5. The molecule has 0 unspecified atom stereocenters.